The van der Waals surface area contributed by atoms with Crippen molar-refractivity contribution in [2.75, 3.05) is 0 Å². The first-order chi connectivity index (χ1) is 11.6. The second-order valence-corrected chi connectivity index (χ2v) is 5.93. The minimum absolute atomic E-state index is 0.233. The molecular formula is C18H30N2O4. The molecule has 0 aliphatic carbocycles. The van der Waals surface area contributed by atoms with Gasteiger partial charge >= 0.3 is 5.97 Å². The average molecular weight is 338 g/mol. The van der Waals surface area contributed by atoms with Crippen molar-refractivity contribution in [1.82, 2.24) is 0 Å². The summed E-state index contributed by atoms with van der Waals surface area (Å²) >= 11 is 0. The molecule has 0 unspecified atom stereocenters. The number of carbonyl (C=O) groups is 1. The van der Waals surface area contributed by atoms with Crippen molar-refractivity contribution in [3.63, 3.8) is 0 Å². The van der Waals surface area contributed by atoms with Gasteiger partial charge in [-0.2, -0.15) is 0 Å². The molecule has 6 heteroatoms. The lowest BCUT2D eigenvalue weighted by Gasteiger charge is -2.00. The predicted octanol–water partition coefficient (Wildman–Crippen LogP) is 6.07. The fraction of sp³-hybridized carbons (Fsp3) is 0.722. The van der Waals surface area contributed by atoms with Crippen molar-refractivity contribution < 1.29 is 9.90 Å². The molecule has 0 spiro atoms. The molecule has 0 radical (unpaired) electrons. The van der Waals surface area contributed by atoms with Crippen molar-refractivity contribution in [3.05, 3.63) is 33.4 Å². The zero-order chi connectivity index (χ0) is 18.0. The van der Waals surface area contributed by atoms with Crippen molar-refractivity contribution >= 4 is 5.97 Å². The second kappa shape index (κ2) is 16.0. The van der Waals surface area contributed by atoms with Gasteiger partial charge in [-0.05, 0) is 42.5 Å². The van der Waals surface area contributed by atoms with Gasteiger partial charge in [0, 0.05) is 12.8 Å². The summed E-state index contributed by atoms with van der Waals surface area (Å²) in [4.78, 5) is 31.9. The van der Waals surface area contributed by atoms with Gasteiger partial charge in [0.1, 0.15) is 0 Å². The van der Waals surface area contributed by atoms with Gasteiger partial charge in [-0.15, -0.1) is 9.81 Å². The first-order valence-corrected chi connectivity index (χ1v) is 8.90. The second-order valence-electron chi connectivity index (χ2n) is 5.93. The third kappa shape index (κ3) is 13.8. The molecule has 0 heterocycles. The van der Waals surface area contributed by atoms with E-state index >= 15 is 0 Å². The molecule has 0 aromatic rings. The average Bonchev–Trinajstić information content (AvgIpc) is 2.57. The number of nitroso groups, excluding NO2 is 2. The zero-order valence-corrected chi connectivity index (χ0v) is 14.7. The summed E-state index contributed by atoms with van der Waals surface area (Å²) in [6, 6.07) is 0. The lowest BCUT2D eigenvalue weighted by atomic mass is 10.1. The Morgan fingerprint density at radius 1 is 0.833 bits per heavy atom. The highest BCUT2D eigenvalue weighted by molar-refractivity contribution is 5.66. The van der Waals surface area contributed by atoms with Crippen LogP contribution in [0.4, 0.5) is 0 Å². The van der Waals surface area contributed by atoms with Crippen LogP contribution in [-0.2, 0) is 4.79 Å². The van der Waals surface area contributed by atoms with Crippen LogP contribution in [0.1, 0.15) is 84.0 Å². The largest absolute Gasteiger partial charge is 0.481 e. The number of hydrogen-bond donors (Lipinski definition) is 1. The number of aliphatic carboxylic acids is 1. The van der Waals surface area contributed by atoms with Crippen LogP contribution in [0.2, 0.25) is 0 Å². The van der Waals surface area contributed by atoms with E-state index in [1.807, 2.05) is 6.08 Å². The van der Waals surface area contributed by atoms with Gasteiger partial charge in [-0.3, -0.25) is 4.79 Å². The van der Waals surface area contributed by atoms with E-state index in [-0.39, 0.29) is 6.42 Å². The third-order valence-electron chi connectivity index (χ3n) is 3.79. The maximum Gasteiger partial charge on any atom is 0.303 e. The van der Waals surface area contributed by atoms with Gasteiger partial charge in [0.2, 0.25) is 0 Å². The van der Waals surface area contributed by atoms with Crippen molar-refractivity contribution in [2.45, 2.75) is 84.0 Å². The van der Waals surface area contributed by atoms with Crippen molar-refractivity contribution in [3.8, 4) is 0 Å². The highest BCUT2D eigenvalue weighted by Gasteiger charge is 2.00. The van der Waals surface area contributed by atoms with E-state index in [2.05, 4.69) is 17.3 Å². The molecule has 0 bridgehead atoms. The lowest BCUT2D eigenvalue weighted by molar-refractivity contribution is -0.137. The van der Waals surface area contributed by atoms with Crippen LogP contribution in [0.3, 0.4) is 0 Å². The minimum atomic E-state index is -0.744. The van der Waals surface area contributed by atoms with Gasteiger partial charge in [0.15, 0.2) is 0 Å². The van der Waals surface area contributed by atoms with Crippen molar-refractivity contribution in [2.24, 2.45) is 10.4 Å². The van der Waals surface area contributed by atoms with Crippen LogP contribution in [-0.4, -0.2) is 11.1 Å². The van der Waals surface area contributed by atoms with Gasteiger partial charge in [0.25, 0.3) is 0 Å². The molecular weight excluding hydrogens is 308 g/mol. The molecule has 0 aromatic heterocycles. The zero-order valence-electron chi connectivity index (χ0n) is 14.7. The molecule has 0 saturated carbocycles. The number of carboxylic acid groups (broad SMARTS) is 1. The molecule has 0 fully saturated rings. The van der Waals surface area contributed by atoms with Crippen LogP contribution >= 0.6 is 0 Å². The first kappa shape index (κ1) is 22.1. The van der Waals surface area contributed by atoms with Crippen LogP contribution in [0.25, 0.3) is 0 Å². The molecule has 1 N–H and O–H groups in total. The summed E-state index contributed by atoms with van der Waals surface area (Å²) in [7, 11) is 0. The first-order valence-electron chi connectivity index (χ1n) is 8.90. The Morgan fingerprint density at radius 3 is 2.08 bits per heavy atom. The quantitative estimate of drug-likeness (QED) is 0.273. The number of rotatable bonds is 16. The molecule has 136 valence electrons. The Bertz CT molecular complexity index is 431. The van der Waals surface area contributed by atoms with E-state index in [0.29, 0.717) is 24.2 Å². The van der Waals surface area contributed by atoms with Gasteiger partial charge < -0.3 is 5.11 Å². The maximum atomic E-state index is 10.8. The summed E-state index contributed by atoms with van der Waals surface area (Å²) in [5.74, 6) is -0.744. The monoisotopic (exact) mass is 338 g/mol. The van der Waals surface area contributed by atoms with Crippen LogP contribution in [0.5, 0.6) is 0 Å². The maximum absolute atomic E-state index is 10.8. The molecule has 0 aliphatic heterocycles. The van der Waals surface area contributed by atoms with E-state index in [1.165, 1.54) is 0 Å². The van der Waals surface area contributed by atoms with Crippen LogP contribution < -0.4 is 0 Å². The number of allylic oxidation sites excluding steroid dienone is 3. The summed E-state index contributed by atoms with van der Waals surface area (Å²) in [5.41, 5.74) is 0.939. The highest BCUT2D eigenvalue weighted by atomic mass is 16.4. The molecule has 24 heavy (non-hydrogen) atoms. The SMILES string of the molecule is CCCCC/C(=C\C/C(=C\CCCCCCCC(=O)O)N=O)N=O. The Hall–Kier alpha value is -1.85. The number of carboxylic acids is 1. The van der Waals surface area contributed by atoms with Gasteiger partial charge in [-0.1, -0.05) is 51.2 Å². The Labute approximate surface area is 144 Å². The van der Waals surface area contributed by atoms with Crippen LogP contribution in [0, 0.1) is 9.81 Å². The minimum Gasteiger partial charge on any atom is -0.481 e. The lowest BCUT2D eigenvalue weighted by Crippen LogP contribution is -1.93. The van der Waals surface area contributed by atoms with Gasteiger partial charge in [-0.25, -0.2) is 0 Å². The highest BCUT2D eigenvalue weighted by Crippen LogP contribution is 2.15. The Kier molecular flexibility index (Phi) is 14.8. The number of nitrogens with zero attached hydrogens (tertiary/aromatic N) is 2. The molecule has 0 aromatic carbocycles. The summed E-state index contributed by atoms with van der Waals surface area (Å²) < 4.78 is 0. The molecule has 0 rings (SSSR count). The molecule has 0 aliphatic rings. The van der Waals surface area contributed by atoms with Gasteiger partial charge in [0.05, 0.1) is 11.4 Å². The predicted molar refractivity (Wildman–Crippen MR) is 96.5 cm³/mol. The Morgan fingerprint density at radius 2 is 1.46 bits per heavy atom. The molecule has 0 saturated heterocycles. The fourth-order valence-corrected chi connectivity index (χ4v) is 2.34. The van der Waals surface area contributed by atoms with Crippen LogP contribution in [0.15, 0.2) is 33.9 Å². The number of hydrogen-bond acceptors (Lipinski definition) is 5. The Balaban J connectivity index is 3.97. The van der Waals surface area contributed by atoms with E-state index in [9.17, 15) is 14.6 Å². The molecule has 0 amide bonds. The molecule has 6 nitrogen and oxygen atoms in total. The third-order valence-corrected chi connectivity index (χ3v) is 3.79. The van der Waals surface area contributed by atoms with Crippen molar-refractivity contribution in [1.29, 1.82) is 0 Å². The summed E-state index contributed by atoms with van der Waals surface area (Å²) in [6.45, 7) is 2.10. The number of unbranched alkanes of at least 4 members (excludes halogenated alkanes) is 7. The van der Waals surface area contributed by atoms with E-state index in [4.69, 9.17) is 5.11 Å². The molecule has 0 atom stereocenters. The topological polar surface area (TPSA) is 96.2 Å². The van der Waals surface area contributed by atoms with E-state index < -0.39 is 5.97 Å². The van der Waals surface area contributed by atoms with E-state index in [0.717, 1.165) is 57.8 Å². The standard InChI is InChI=1S/C18H30N2O4/c1-2-3-8-11-16(19-23)14-15-17(20-24)12-9-6-4-5-7-10-13-18(21)22/h12,14H,2-11,13,15H2,1H3,(H,21,22)/b16-14+,17-12+. The summed E-state index contributed by atoms with van der Waals surface area (Å²) in [6.07, 6.45) is 13.2. The summed E-state index contributed by atoms with van der Waals surface area (Å²) in [5, 5.41) is 14.6. The normalized spacial score (nSPS) is 12.2. The fourth-order valence-electron chi connectivity index (χ4n) is 2.34. The van der Waals surface area contributed by atoms with E-state index in [1.54, 1.807) is 6.08 Å². The smallest absolute Gasteiger partial charge is 0.303 e.